The zero-order valence-corrected chi connectivity index (χ0v) is 9.87. The van der Waals surface area contributed by atoms with Crippen molar-refractivity contribution in [3.05, 3.63) is 0 Å². The number of hydrogen-bond donors (Lipinski definition) is 0. The largest absolute Gasteiger partial charge is 0.342 e. The summed E-state index contributed by atoms with van der Waals surface area (Å²) >= 11 is 0. The van der Waals surface area contributed by atoms with Gasteiger partial charge in [0, 0.05) is 19.0 Å². The molecule has 1 saturated carbocycles. The molecule has 2 aliphatic rings. The number of carbonyl (C=O) groups excluding carboxylic acids is 1. The molecule has 1 heterocycles. The summed E-state index contributed by atoms with van der Waals surface area (Å²) in [5.74, 6) is 1.74. The van der Waals surface area contributed by atoms with Crippen LogP contribution >= 0.6 is 0 Å². The average Bonchev–Trinajstić information content (AvgIpc) is 3.05. The van der Waals surface area contributed by atoms with E-state index in [1.54, 1.807) is 0 Å². The molecule has 86 valence electrons. The molecule has 0 aromatic rings. The minimum Gasteiger partial charge on any atom is -0.342 e. The van der Waals surface area contributed by atoms with Gasteiger partial charge in [-0.05, 0) is 38.0 Å². The van der Waals surface area contributed by atoms with Crippen LogP contribution < -0.4 is 0 Å². The van der Waals surface area contributed by atoms with Crippen LogP contribution in [0.4, 0.5) is 0 Å². The summed E-state index contributed by atoms with van der Waals surface area (Å²) in [5, 5.41) is 0. The summed E-state index contributed by atoms with van der Waals surface area (Å²) < 4.78 is 0. The van der Waals surface area contributed by atoms with Crippen molar-refractivity contribution in [3.63, 3.8) is 0 Å². The van der Waals surface area contributed by atoms with Gasteiger partial charge in [-0.3, -0.25) is 4.79 Å². The van der Waals surface area contributed by atoms with Crippen LogP contribution in [0.3, 0.4) is 0 Å². The number of likely N-dealkylation sites (tertiary alicyclic amines) is 1. The van der Waals surface area contributed by atoms with Crippen LogP contribution in [0.5, 0.6) is 0 Å². The Morgan fingerprint density at radius 1 is 1.20 bits per heavy atom. The normalized spacial score (nSPS) is 27.5. The van der Waals surface area contributed by atoms with E-state index in [1.165, 1.54) is 32.1 Å². The summed E-state index contributed by atoms with van der Waals surface area (Å²) in [6.07, 6.45) is 8.74. The summed E-state index contributed by atoms with van der Waals surface area (Å²) in [4.78, 5) is 14.0. The van der Waals surface area contributed by atoms with Gasteiger partial charge in [0.05, 0.1) is 0 Å². The van der Waals surface area contributed by atoms with Crippen molar-refractivity contribution in [2.45, 2.75) is 51.9 Å². The molecule has 1 aliphatic carbocycles. The molecule has 1 atom stereocenters. The van der Waals surface area contributed by atoms with Gasteiger partial charge in [0.1, 0.15) is 0 Å². The molecule has 0 aromatic carbocycles. The molecule has 0 radical (unpaired) electrons. The van der Waals surface area contributed by atoms with E-state index in [1.807, 2.05) is 0 Å². The first-order chi connectivity index (χ1) is 7.31. The second-order valence-electron chi connectivity index (χ2n) is 5.19. The first-order valence-corrected chi connectivity index (χ1v) is 6.60. The molecule has 2 nitrogen and oxygen atoms in total. The van der Waals surface area contributed by atoms with Crippen LogP contribution in [0.25, 0.3) is 0 Å². The lowest BCUT2D eigenvalue weighted by atomic mass is 9.96. The number of nitrogens with zero attached hydrogens (tertiary/aromatic N) is 1. The fourth-order valence-corrected chi connectivity index (χ4v) is 2.67. The van der Waals surface area contributed by atoms with E-state index in [9.17, 15) is 4.79 Å². The van der Waals surface area contributed by atoms with Crippen molar-refractivity contribution >= 4 is 5.91 Å². The molecule has 0 bridgehead atoms. The topological polar surface area (TPSA) is 20.3 Å². The molecule has 1 amide bonds. The van der Waals surface area contributed by atoms with Crippen molar-refractivity contribution in [2.75, 3.05) is 13.1 Å². The van der Waals surface area contributed by atoms with Crippen LogP contribution in [-0.2, 0) is 4.79 Å². The lowest BCUT2D eigenvalue weighted by Gasteiger charge is -2.20. The lowest BCUT2D eigenvalue weighted by molar-refractivity contribution is -0.132. The van der Waals surface area contributed by atoms with E-state index in [2.05, 4.69) is 11.8 Å². The van der Waals surface area contributed by atoms with Crippen LogP contribution in [0.15, 0.2) is 0 Å². The van der Waals surface area contributed by atoms with Crippen molar-refractivity contribution in [3.8, 4) is 0 Å². The number of hydrogen-bond acceptors (Lipinski definition) is 1. The van der Waals surface area contributed by atoms with Gasteiger partial charge in [0.25, 0.3) is 0 Å². The highest BCUT2D eigenvalue weighted by atomic mass is 16.2. The summed E-state index contributed by atoms with van der Waals surface area (Å²) in [6.45, 7) is 4.31. The third-order valence-electron chi connectivity index (χ3n) is 3.78. The Bertz CT molecular complexity index is 223. The van der Waals surface area contributed by atoms with Crippen LogP contribution in [0, 0.1) is 11.8 Å². The monoisotopic (exact) mass is 209 g/mol. The molecule has 1 aliphatic heterocycles. The lowest BCUT2D eigenvalue weighted by Crippen LogP contribution is -2.33. The Kier molecular flexibility index (Phi) is 3.66. The van der Waals surface area contributed by atoms with Crippen LogP contribution in [0.2, 0.25) is 0 Å². The summed E-state index contributed by atoms with van der Waals surface area (Å²) in [7, 11) is 0. The van der Waals surface area contributed by atoms with Gasteiger partial charge in [-0.2, -0.15) is 0 Å². The van der Waals surface area contributed by atoms with Crippen molar-refractivity contribution in [1.82, 2.24) is 4.90 Å². The van der Waals surface area contributed by atoms with Crippen LogP contribution in [0.1, 0.15) is 51.9 Å². The predicted octanol–water partition coefficient (Wildman–Crippen LogP) is 2.83. The summed E-state index contributed by atoms with van der Waals surface area (Å²) in [5.41, 5.74) is 0. The van der Waals surface area contributed by atoms with Gasteiger partial charge in [-0.25, -0.2) is 0 Å². The Labute approximate surface area is 93.0 Å². The van der Waals surface area contributed by atoms with Crippen LogP contribution in [-0.4, -0.2) is 23.9 Å². The highest BCUT2D eigenvalue weighted by Gasteiger charge is 2.33. The fraction of sp³-hybridized carbons (Fsp3) is 0.923. The van der Waals surface area contributed by atoms with Crippen molar-refractivity contribution in [2.24, 2.45) is 11.8 Å². The summed E-state index contributed by atoms with van der Waals surface area (Å²) in [6, 6.07) is 0. The molecule has 2 fully saturated rings. The minimum absolute atomic E-state index is 0.410. The number of amides is 1. The molecule has 0 spiro atoms. The maximum atomic E-state index is 11.9. The molecule has 2 heteroatoms. The maximum Gasteiger partial charge on any atom is 0.225 e. The second kappa shape index (κ2) is 5.00. The van der Waals surface area contributed by atoms with Gasteiger partial charge >= 0.3 is 0 Å². The third kappa shape index (κ3) is 2.96. The smallest absolute Gasteiger partial charge is 0.225 e. The molecular weight excluding hydrogens is 186 g/mol. The Balaban J connectivity index is 1.80. The molecule has 2 rings (SSSR count). The van der Waals surface area contributed by atoms with Gasteiger partial charge in [-0.1, -0.05) is 19.8 Å². The first-order valence-electron chi connectivity index (χ1n) is 6.60. The zero-order valence-electron chi connectivity index (χ0n) is 9.87. The third-order valence-corrected chi connectivity index (χ3v) is 3.78. The van der Waals surface area contributed by atoms with E-state index in [0.717, 1.165) is 31.8 Å². The SMILES string of the molecule is CCCC1CCCN(C(=O)C2CC2)CC1. The van der Waals surface area contributed by atoms with E-state index in [-0.39, 0.29) is 0 Å². The van der Waals surface area contributed by atoms with Gasteiger partial charge in [-0.15, -0.1) is 0 Å². The van der Waals surface area contributed by atoms with E-state index in [0.29, 0.717) is 11.8 Å². The highest BCUT2D eigenvalue weighted by molar-refractivity contribution is 5.81. The fourth-order valence-electron chi connectivity index (χ4n) is 2.67. The highest BCUT2D eigenvalue weighted by Crippen LogP contribution is 2.32. The molecule has 15 heavy (non-hydrogen) atoms. The first kappa shape index (κ1) is 11.0. The van der Waals surface area contributed by atoms with Gasteiger partial charge < -0.3 is 4.90 Å². The quantitative estimate of drug-likeness (QED) is 0.700. The predicted molar refractivity (Wildman–Crippen MR) is 61.6 cm³/mol. The number of rotatable bonds is 3. The van der Waals surface area contributed by atoms with Crippen molar-refractivity contribution in [1.29, 1.82) is 0 Å². The molecule has 1 unspecified atom stereocenters. The van der Waals surface area contributed by atoms with Gasteiger partial charge in [0.15, 0.2) is 0 Å². The molecule has 0 aromatic heterocycles. The molecular formula is C13H23NO. The van der Waals surface area contributed by atoms with Crippen molar-refractivity contribution < 1.29 is 4.79 Å². The standard InChI is InChI=1S/C13H23NO/c1-2-4-11-5-3-9-14(10-8-11)13(15)12-6-7-12/h11-12H,2-10H2,1H3. The molecule has 0 N–H and O–H groups in total. The zero-order chi connectivity index (χ0) is 10.7. The Morgan fingerprint density at radius 2 is 2.00 bits per heavy atom. The van der Waals surface area contributed by atoms with Gasteiger partial charge in [0.2, 0.25) is 5.91 Å². The van der Waals surface area contributed by atoms with E-state index < -0.39 is 0 Å². The van der Waals surface area contributed by atoms with E-state index >= 15 is 0 Å². The number of carbonyl (C=O) groups is 1. The Hall–Kier alpha value is -0.530. The minimum atomic E-state index is 0.410. The van der Waals surface area contributed by atoms with E-state index in [4.69, 9.17) is 0 Å². The second-order valence-corrected chi connectivity index (χ2v) is 5.19. The maximum absolute atomic E-state index is 11.9. The Morgan fingerprint density at radius 3 is 2.67 bits per heavy atom. The molecule has 1 saturated heterocycles. The average molecular weight is 209 g/mol.